The van der Waals surface area contributed by atoms with Gasteiger partial charge in [0.2, 0.25) is 11.8 Å². The number of methoxy groups -OCH3 is 1. The number of benzene rings is 2. The van der Waals surface area contributed by atoms with Gasteiger partial charge in [-0.05, 0) is 66.6 Å². The van der Waals surface area contributed by atoms with Crippen LogP contribution in [0.25, 0.3) is 0 Å². The van der Waals surface area contributed by atoms with E-state index < -0.39 is 11.9 Å². The highest BCUT2D eigenvalue weighted by molar-refractivity contribution is 7.10. The third kappa shape index (κ3) is 5.47. The van der Waals surface area contributed by atoms with E-state index >= 15 is 0 Å². The second-order valence-electron chi connectivity index (χ2n) is 8.64. The van der Waals surface area contributed by atoms with Gasteiger partial charge in [0.05, 0.1) is 19.2 Å². The summed E-state index contributed by atoms with van der Waals surface area (Å²) in [7, 11) is 1.54. The van der Waals surface area contributed by atoms with Gasteiger partial charge in [-0.15, -0.1) is 11.3 Å². The maximum Gasteiger partial charge on any atom is 0.248 e. The summed E-state index contributed by atoms with van der Waals surface area (Å²) in [4.78, 5) is 30.0. The molecular weight excluding hydrogens is 451 g/mol. The molecule has 0 saturated heterocycles. The number of carbonyl (C=O) groups excluding carboxylic acids is 2. The van der Waals surface area contributed by atoms with Crippen molar-refractivity contribution in [2.45, 2.75) is 51.1 Å². The fourth-order valence-electron chi connectivity index (χ4n) is 4.47. The lowest BCUT2D eigenvalue weighted by molar-refractivity contribution is -0.127. The zero-order chi connectivity index (χ0) is 24.1. The van der Waals surface area contributed by atoms with Crippen LogP contribution in [-0.4, -0.2) is 25.0 Å². The monoisotopic (exact) mass is 480 g/mol. The van der Waals surface area contributed by atoms with Crippen LogP contribution in [0.3, 0.4) is 0 Å². The number of thiophene rings is 1. The van der Waals surface area contributed by atoms with E-state index in [1.54, 1.807) is 25.3 Å². The van der Waals surface area contributed by atoms with Gasteiger partial charge >= 0.3 is 0 Å². The summed E-state index contributed by atoms with van der Waals surface area (Å²) in [5.74, 6) is -0.418. The van der Waals surface area contributed by atoms with E-state index in [9.17, 15) is 14.0 Å². The summed E-state index contributed by atoms with van der Waals surface area (Å²) in [5, 5.41) is 5.06. The fourth-order valence-corrected chi connectivity index (χ4v) is 5.16. The van der Waals surface area contributed by atoms with Crippen LogP contribution in [0.4, 0.5) is 10.1 Å². The number of hydrogen-bond acceptors (Lipinski definition) is 4. The van der Waals surface area contributed by atoms with Crippen molar-refractivity contribution in [1.82, 2.24) is 5.32 Å². The van der Waals surface area contributed by atoms with Crippen LogP contribution in [0.5, 0.6) is 5.75 Å². The normalized spacial score (nSPS) is 14.6. The van der Waals surface area contributed by atoms with Gasteiger partial charge < -0.3 is 10.1 Å². The molecular formula is C27H29FN2O3S. The third-order valence-electron chi connectivity index (χ3n) is 6.16. The molecule has 1 fully saturated rings. The molecule has 1 saturated carbocycles. The van der Waals surface area contributed by atoms with E-state index in [1.165, 1.54) is 28.4 Å². The third-order valence-corrected chi connectivity index (χ3v) is 7.04. The van der Waals surface area contributed by atoms with Crippen molar-refractivity contribution in [2.75, 3.05) is 12.0 Å². The molecule has 0 aliphatic heterocycles. The average Bonchev–Trinajstić information content (AvgIpc) is 3.52. The lowest BCUT2D eigenvalue weighted by Gasteiger charge is -2.33. The summed E-state index contributed by atoms with van der Waals surface area (Å²) < 4.78 is 19.4. The van der Waals surface area contributed by atoms with Gasteiger partial charge in [0.1, 0.15) is 17.6 Å². The van der Waals surface area contributed by atoms with Crippen molar-refractivity contribution >= 4 is 28.8 Å². The van der Waals surface area contributed by atoms with Gasteiger partial charge in [0, 0.05) is 10.9 Å². The second kappa shape index (κ2) is 10.8. The van der Waals surface area contributed by atoms with Gasteiger partial charge in [-0.2, -0.15) is 0 Å². The zero-order valence-electron chi connectivity index (χ0n) is 19.4. The Hall–Kier alpha value is -3.19. The number of halogens is 1. The maximum atomic E-state index is 13.8. The summed E-state index contributed by atoms with van der Waals surface area (Å²) in [6, 6.07) is 14.2. The van der Waals surface area contributed by atoms with Crippen molar-refractivity contribution in [2.24, 2.45) is 0 Å². The fraction of sp³-hybridized carbons (Fsp3) is 0.333. The Kier molecular flexibility index (Phi) is 7.63. The lowest BCUT2D eigenvalue weighted by atomic mass is 10.0. The minimum atomic E-state index is -0.968. The Morgan fingerprint density at radius 3 is 2.53 bits per heavy atom. The van der Waals surface area contributed by atoms with Crippen LogP contribution < -0.4 is 15.0 Å². The lowest BCUT2D eigenvalue weighted by Crippen LogP contribution is -2.47. The van der Waals surface area contributed by atoms with Crippen molar-refractivity contribution in [3.63, 3.8) is 0 Å². The summed E-state index contributed by atoms with van der Waals surface area (Å²) in [6.45, 7) is 1.93. The van der Waals surface area contributed by atoms with Crippen molar-refractivity contribution in [3.05, 3.63) is 81.8 Å². The van der Waals surface area contributed by atoms with Gasteiger partial charge in [-0.25, -0.2) is 4.39 Å². The Morgan fingerprint density at radius 2 is 1.88 bits per heavy atom. The number of nitrogens with zero attached hydrogens (tertiary/aromatic N) is 1. The average molecular weight is 481 g/mol. The number of carbonyl (C=O) groups is 2. The molecule has 2 amide bonds. The van der Waals surface area contributed by atoms with E-state index in [0.717, 1.165) is 36.1 Å². The van der Waals surface area contributed by atoms with E-state index in [2.05, 4.69) is 5.32 Å². The summed E-state index contributed by atoms with van der Waals surface area (Å²) in [6.07, 6.45) is 4.11. The number of hydrogen-bond donors (Lipinski definition) is 1. The predicted octanol–water partition coefficient (Wildman–Crippen LogP) is 5.58. The van der Waals surface area contributed by atoms with Crippen LogP contribution in [0.15, 0.2) is 60.0 Å². The van der Waals surface area contributed by atoms with Crippen LogP contribution >= 0.6 is 11.3 Å². The molecule has 1 aromatic heterocycles. The topological polar surface area (TPSA) is 58.6 Å². The van der Waals surface area contributed by atoms with Gasteiger partial charge in [-0.1, -0.05) is 37.1 Å². The first-order chi connectivity index (χ1) is 16.5. The Balaban J connectivity index is 1.82. The molecule has 0 spiro atoms. The number of amides is 2. The van der Waals surface area contributed by atoms with Gasteiger partial charge in [-0.3, -0.25) is 14.5 Å². The second-order valence-corrected chi connectivity index (χ2v) is 9.67. The van der Waals surface area contributed by atoms with E-state index in [-0.39, 0.29) is 24.3 Å². The van der Waals surface area contributed by atoms with Crippen molar-refractivity contribution in [1.29, 1.82) is 0 Å². The number of ether oxygens (including phenoxy) is 1. The first-order valence-corrected chi connectivity index (χ1v) is 12.4. The molecule has 1 aliphatic rings. The molecule has 3 aromatic rings. The molecule has 7 heteroatoms. The molecule has 1 aliphatic carbocycles. The summed E-state index contributed by atoms with van der Waals surface area (Å²) >= 11 is 1.49. The molecule has 1 heterocycles. The minimum Gasteiger partial charge on any atom is -0.495 e. The van der Waals surface area contributed by atoms with Crippen LogP contribution in [0.2, 0.25) is 0 Å². The molecule has 2 aromatic carbocycles. The predicted molar refractivity (Wildman–Crippen MR) is 133 cm³/mol. The smallest absolute Gasteiger partial charge is 0.248 e. The van der Waals surface area contributed by atoms with E-state index in [4.69, 9.17) is 4.74 Å². The number of rotatable bonds is 8. The molecule has 4 rings (SSSR count). The zero-order valence-corrected chi connectivity index (χ0v) is 20.2. The first kappa shape index (κ1) is 24.0. The summed E-state index contributed by atoms with van der Waals surface area (Å²) in [5.41, 5.74) is 1.98. The molecule has 1 atom stereocenters. The first-order valence-electron chi connectivity index (χ1n) is 11.5. The van der Waals surface area contributed by atoms with Crippen molar-refractivity contribution < 1.29 is 18.7 Å². The SMILES string of the molecule is COc1ccc(C)cc1N(C(=O)Cc1cccs1)[C@@H](C(=O)NC1CCCC1)c1ccc(F)cc1. The van der Waals surface area contributed by atoms with Crippen LogP contribution in [0.1, 0.15) is 47.7 Å². The van der Waals surface area contributed by atoms with Crippen LogP contribution in [0, 0.1) is 12.7 Å². The number of nitrogens with one attached hydrogen (secondary N) is 1. The van der Waals surface area contributed by atoms with E-state index in [0.29, 0.717) is 17.0 Å². The Labute approximate surface area is 203 Å². The number of aryl methyl sites for hydroxylation is 1. The van der Waals surface area contributed by atoms with Crippen LogP contribution in [-0.2, 0) is 16.0 Å². The Morgan fingerprint density at radius 1 is 1.15 bits per heavy atom. The highest BCUT2D eigenvalue weighted by atomic mass is 32.1. The molecule has 34 heavy (non-hydrogen) atoms. The highest BCUT2D eigenvalue weighted by Crippen LogP contribution is 2.37. The quantitative estimate of drug-likeness (QED) is 0.458. The van der Waals surface area contributed by atoms with Gasteiger partial charge in [0.25, 0.3) is 0 Å². The molecule has 0 radical (unpaired) electrons. The molecule has 1 N–H and O–H groups in total. The van der Waals surface area contributed by atoms with Crippen molar-refractivity contribution in [3.8, 4) is 5.75 Å². The van der Waals surface area contributed by atoms with Gasteiger partial charge in [0.15, 0.2) is 0 Å². The number of anilines is 1. The molecule has 5 nitrogen and oxygen atoms in total. The molecule has 178 valence electrons. The highest BCUT2D eigenvalue weighted by Gasteiger charge is 2.35. The molecule has 0 bridgehead atoms. The largest absolute Gasteiger partial charge is 0.495 e. The van der Waals surface area contributed by atoms with E-state index in [1.807, 2.05) is 36.6 Å². The molecule has 0 unspecified atom stereocenters. The Bertz CT molecular complexity index is 1130. The minimum absolute atomic E-state index is 0.0732. The standard InChI is InChI=1S/C27H29FN2O3S/c1-18-9-14-24(33-2)23(16-18)30(25(31)17-22-8-5-15-34-22)26(19-10-12-20(28)13-11-19)27(32)29-21-6-3-4-7-21/h5,8-16,21,26H,3-4,6-7,17H2,1-2H3,(H,29,32)/t26-/m1/s1. The maximum absolute atomic E-state index is 13.8.